The molecule has 4 heterocycles. The molecule has 5 atom stereocenters. The Hall–Kier alpha value is -2.84. The van der Waals surface area contributed by atoms with Gasteiger partial charge in [-0.2, -0.15) is 9.97 Å². The molecule has 192 valence electrons. The lowest BCUT2D eigenvalue weighted by molar-refractivity contribution is -0.175. The minimum atomic E-state index is -4.24. The zero-order chi connectivity index (χ0) is 25.5. The lowest BCUT2D eigenvalue weighted by Crippen LogP contribution is -2.50. The number of esters is 2. The van der Waals surface area contributed by atoms with Gasteiger partial charge in [0.1, 0.15) is 12.2 Å². The van der Waals surface area contributed by atoms with Crippen molar-refractivity contribution in [2.45, 2.75) is 57.8 Å². The van der Waals surface area contributed by atoms with Gasteiger partial charge in [0.15, 0.2) is 29.6 Å². The fourth-order valence-corrected chi connectivity index (χ4v) is 5.40. The molecule has 0 spiro atoms. The minimum absolute atomic E-state index is 0.0773. The van der Waals surface area contributed by atoms with Crippen LogP contribution in [0.1, 0.15) is 33.9 Å². The Kier molecular flexibility index (Phi) is 6.72. The molecule has 0 aliphatic carbocycles. The van der Waals surface area contributed by atoms with Gasteiger partial charge in [-0.3, -0.25) is 22.9 Å². The Morgan fingerprint density at radius 2 is 2.11 bits per heavy atom. The third kappa shape index (κ3) is 4.82. The summed E-state index contributed by atoms with van der Waals surface area (Å²) in [6.45, 7) is 5.17. The van der Waals surface area contributed by atoms with Gasteiger partial charge in [-0.05, 0) is 20.8 Å². The van der Waals surface area contributed by atoms with Crippen molar-refractivity contribution in [3.63, 3.8) is 0 Å². The first-order valence-corrected chi connectivity index (χ1v) is 12.1. The van der Waals surface area contributed by atoms with Crippen molar-refractivity contribution >= 4 is 36.9 Å². The number of hydrogen-bond acceptors (Lipinski definition) is 14. The summed E-state index contributed by atoms with van der Waals surface area (Å²) in [7, 11) is -2.83. The molecule has 35 heavy (non-hydrogen) atoms. The third-order valence-electron chi connectivity index (χ3n) is 5.26. The van der Waals surface area contributed by atoms with Crippen LogP contribution in [0.25, 0.3) is 11.2 Å². The highest BCUT2D eigenvalue weighted by Crippen LogP contribution is 2.59. The van der Waals surface area contributed by atoms with E-state index < -0.39 is 50.4 Å². The number of nitrogens with zero attached hydrogens (tertiary/aromatic N) is 4. The number of aromatic nitrogens is 4. The normalized spacial score (nSPS) is 30.3. The Morgan fingerprint density at radius 1 is 1.37 bits per heavy atom. The standard InChI is InChI=1S/C19H26N5O10P/c1-9(2)31-12(26)7-30-35(27)29-6-11-14(34-35)19(4,33-10(3)25)17(32-11)24-8-21-13-15(24)22-18(20)23-16(13)28-5/h8-9,11,14,17H,6-7H2,1-5H3,(H2,20,22,23)/t11-,14-,17-,19-,35?/m1/s1. The fraction of sp³-hybridized carbons (Fsp3) is 0.632. The van der Waals surface area contributed by atoms with E-state index in [4.69, 9.17) is 38.3 Å². The number of nitrogens with two attached hydrogens (primary N) is 1. The van der Waals surface area contributed by atoms with Gasteiger partial charge >= 0.3 is 19.8 Å². The summed E-state index contributed by atoms with van der Waals surface area (Å²) in [4.78, 5) is 36.4. The maximum atomic E-state index is 13.1. The van der Waals surface area contributed by atoms with E-state index in [1.807, 2.05) is 0 Å². The Balaban J connectivity index is 1.66. The van der Waals surface area contributed by atoms with Gasteiger partial charge < -0.3 is 24.7 Å². The van der Waals surface area contributed by atoms with Crippen LogP contribution in [0.5, 0.6) is 5.88 Å². The average Bonchev–Trinajstić information content (AvgIpc) is 3.29. The molecule has 2 aliphatic heterocycles. The molecule has 15 nitrogen and oxygen atoms in total. The second-order valence-electron chi connectivity index (χ2n) is 8.30. The Morgan fingerprint density at radius 3 is 2.77 bits per heavy atom. The summed E-state index contributed by atoms with van der Waals surface area (Å²) < 4.78 is 52.7. The van der Waals surface area contributed by atoms with Crippen LogP contribution in [-0.4, -0.2) is 75.7 Å². The number of ether oxygens (including phenoxy) is 4. The summed E-state index contributed by atoms with van der Waals surface area (Å²) in [5.41, 5.74) is 4.80. The van der Waals surface area contributed by atoms with Crippen LogP contribution >= 0.6 is 7.82 Å². The maximum absolute atomic E-state index is 13.1. The summed E-state index contributed by atoms with van der Waals surface area (Å²) in [5.74, 6) is -1.33. The summed E-state index contributed by atoms with van der Waals surface area (Å²) in [5, 5.41) is 0. The van der Waals surface area contributed by atoms with Crippen LogP contribution in [0.15, 0.2) is 6.33 Å². The highest BCUT2D eigenvalue weighted by molar-refractivity contribution is 7.48. The van der Waals surface area contributed by atoms with E-state index in [2.05, 4.69) is 15.0 Å². The number of carbonyl (C=O) groups excluding carboxylic acids is 2. The molecule has 0 amide bonds. The first-order chi connectivity index (χ1) is 16.5. The predicted molar refractivity (Wildman–Crippen MR) is 116 cm³/mol. The van der Waals surface area contributed by atoms with Crippen LogP contribution in [0.4, 0.5) is 5.95 Å². The zero-order valence-corrected chi connectivity index (χ0v) is 20.6. The van der Waals surface area contributed by atoms with Crippen molar-refractivity contribution < 1.29 is 46.7 Å². The van der Waals surface area contributed by atoms with Gasteiger partial charge in [-0.25, -0.2) is 14.3 Å². The quantitative estimate of drug-likeness (QED) is 0.408. The number of nitrogen functional groups attached to an aromatic ring is 1. The van der Waals surface area contributed by atoms with Gasteiger partial charge in [-0.15, -0.1) is 0 Å². The summed E-state index contributed by atoms with van der Waals surface area (Å²) in [6.07, 6.45) is -1.97. The number of phosphoric ester groups is 1. The molecule has 4 rings (SSSR count). The lowest BCUT2D eigenvalue weighted by atomic mass is 9.96. The van der Waals surface area contributed by atoms with Crippen molar-refractivity contribution in [3.8, 4) is 5.88 Å². The highest BCUT2D eigenvalue weighted by Gasteiger charge is 2.63. The second-order valence-corrected chi connectivity index (χ2v) is 9.92. The fourth-order valence-electron chi connectivity index (χ4n) is 3.99. The van der Waals surface area contributed by atoms with E-state index in [-0.39, 0.29) is 30.2 Å². The van der Waals surface area contributed by atoms with E-state index >= 15 is 0 Å². The van der Waals surface area contributed by atoms with Crippen molar-refractivity contribution in [2.75, 3.05) is 26.1 Å². The molecule has 0 radical (unpaired) electrons. The molecular formula is C19H26N5O10P. The zero-order valence-electron chi connectivity index (χ0n) is 19.7. The maximum Gasteiger partial charge on any atom is 0.475 e. The number of methoxy groups -OCH3 is 1. The predicted octanol–water partition coefficient (Wildman–Crippen LogP) is 1.13. The van der Waals surface area contributed by atoms with Gasteiger partial charge in [0.25, 0.3) is 0 Å². The number of carbonyl (C=O) groups is 2. The number of rotatable bonds is 7. The van der Waals surface area contributed by atoms with Crippen molar-refractivity contribution in [1.82, 2.24) is 19.5 Å². The smallest absolute Gasteiger partial charge is 0.475 e. The van der Waals surface area contributed by atoms with Crippen LogP contribution in [-0.2, 0) is 41.9 Å². The average molecular weight is 515 g/mol. The molecule has 2 N–H and O–H groups in total. The number of hydrogen-bond donors (Lipinski definition) is 1. The topological polar surface area (TPSA) is 185 Å². The minimum Gasteiger partial charge on any atom is -0.479 e. The molecule has 1 unspecified atom stereocenters. The number of phosphoric acid groups is 1. The van der Waals surface area contributed by atoms with Gasteiger partial charge in [-0.1, -0.05) is 0 Å². The largest absolute Gasteiger partial charge is 0.479 e. The number of anilines is 1. The molecule has 2 aliphatic rings. The second kappa shape index (κ2) is 9.32. The summed E-state index contributed by atoms with van der Waals surface area (Å²) >= 11 is 0. The van der Waals surface area contributed by atoms with Crippen LogP contribution in [0.2, 0.25) is 0 Å². The summed E-state index contributed by atoms with van der Waals surface area (Å²) in [6, 6.07) is 0. The molecular weight excluding hydrogens is 489 g/mol. The molecule has 2 aromatic heterocycles. The molecule has 2 saturated heterocycles. The van der Waals surface area contributed by atoms with E-state index in [0.717, 1.165) is 0 Å². The molecule has 0 bridgehead atoms. The van der Waals surface area contributed by atoms with E-state index in [9.17, 15) is 14.2 Å². The molecule has 0 saturated carbocycles. The van der Waals surface area contributed by atoms with E-state index in [1.54, 1.807) is 20.8 Å². The van der Waals surface area contributed by atoms with Gasteiger partial charge in [0.05, 0.1) is 26.1 Å². The monoisotopic (exact) mass is 515 g/mol. The first kappa shape index (κ1) is 25.3. The van der Waals surface area contributed by atoms with E-state index in [1.165, 1.54) is 24.9 Å². The Bertz CT molecular complexity index is 1190. The van der Waals surface area contributed by atoms with Crippen LogP contribution in [0.3, 0.4) is 0 Å². The van der Waals surface area contributed by atoms with E-state index in [0.29, 0.717) is 5.52 Å². The van der Waals surface area contributed by atoms with Crippen molar-refractivity contribution in [1.29, 1.82) is 0 Å². The van der Waals surface area contributed by atoms with Crippen molar-refractivity contribution in [2.24, 2.45) is 0 Å². The van der Waals surface area contributed by atoms with Crippen LogP contribution in [0, 0.1) is 0 Å². The first-order valence-electron chi connectivity index (χ1n) is 10.6. The Labute approximate surface area is 199 Å². The molecule has 16 heteroatoms. The lowest BCUT2D eigenvalue weighted by Gasteiger charge is -2.37. The molecule has 2 fully saturated rings. The SMILES string of the molecule is COc1nc(N)nc2c1ncn2[C@@H]1O[C@@H]2COP(=O)(OCC(=O)OC(C)C)O[C@H]2[C@@]1(C)OC(C)=O. The highest BCUT2D eigenvalue weighted by atomic mass is 31.2. The van der Waals surface area contributed by atoms with Crippen molar-refractivity contribution in [3.05, 3.63) is 6.33 Å². The van der Waals surface area contributed by atoms with Gasteiger partial charge in [0, 0.05) is 6.92 Å². The van der Waals surface area contributed by atoms with Crippen LogP contribution < -0.4 is 10.5 Å². The number of imidazole rings is 1. The molecule has 0 aromatic carbocycles. The number of fused-ring (bicyclic) bond motifs is 2. The van der Waals surface area contributed by atoms with Gasteiger partial charge in [0.2, 0.25) is 11.8 Å². The third-order valence-corrected chi connectivity index (χ3v) is 6.66. The molecule has 2 aromatic rings.